The molecule has 13 heteroatoms. The third-order valence-corrected chi connectivity index (χ3v) is 8.14. The van der Waals surface area contributed by atoms with Crippen LogP contribution in [0.15, 0.2) is 91.5 Å². The number of benzene rings is 5. The minimum atomic E-state index is -4.79. The van der Waals surface area contributed by atoms with E-state index in [1.54, 1.807) is 6.08 Å². The number of allylic oxidation sites excluding steroid dienone is 3. The Bertz CT molecular complexity index is 2100. The third-order valence-electron chi connectivity index (χ3n) is 7.85. The Kier molecular flexibility index (Phi) is 11.5. The fraction of sp³-hybridized carbons (Fsp3) is 0.128. The summed E-state index contributed by atoms with van der Waals surface area (Å²) < 4.78 is 166. The van der Waals surface area contributed by atoms with Crippen molar-refractivity contribution in [1.29, 1.82) is 0 Å². The maximum atomic E-state index is 15.2. The van der Waals surface area contributed by atoms with Crippen LogP contribution < -0.4 is 4.74 Å². The Hall–Kier alpha value is -5.10. The third kappa shape index (κ3) is 8.17. The Balaban J connectivity index is 1.37. The predicted octanol–water partition coefficient (Wildman–Crippen LogP) is 13.2. The van der Waals surface area contributed by atoms with E-state index in [-0.39, 0.29) is 11.1 Å². The standard InChI is InChI=1S/C39H24ClF11O/c1-2-3-4-5-6-7-8-20-9-10-25(27(41)11-20)21-12-31(45)37(32(46)13-21)39(50,51)52-24-18-26(40)35(30(44)19-24)22-14-28(42)36(29(43)15-22)23-16-33(47)38(49)34(48)17-23/h2,5-6,9-19H,1,3-4,7-8H2/b6-5+. The molecular weight excluding hydrogens is 729 g/mol. The minimum Gasteiger partial charge on any atom is -0.429 e. The zero-order valence-electron chi connectivity index (χ0n) is 26.6. The fourth-order valence-corrected chi connectivity index (χ4v) is 5.74. The quantitative estimate of drug-likeness (QED) is 0.0534. The van der Waals surface area contributed by atoms with Gasteiger partial charge in [0.1, 0.15) is 46.2 Å². The summed E-state index contributed by atoms with van der Waals surface area (Å²) in [5.74, 6) is -15.3. The zero-order valence-corrected chi connectivity index (χ0v) is 27.3. The van der Waals surface area contributed by atoms with Gasteiger partial charge in [-0.1, -0.05) is 42.0 Å². The Labute approximate surface area is 295 Å². The molecule has 0 amide bonds. The normalized spacial score (nSPS) is 11.8. The molecule has 0 bridgehead atoms. The average Bonchev–Trinajstić information content (AvgIpc) is 3.04. The molecule has 5 aromatic rings. The molecule has 0 fully saturated rings. The molecule has 0 aliphatic heterocycles. The number of rotatable bonds is 12. The molecule has 0 radical (unpaired) electrons. The van der Waals surface area contributed by atoms with E-state index in [1.165, 1.54) is 18.2 Å². The second-order valence-corrected chi connectivity index (χ2v) is 11.9. The summed E-state index contributed by atoms with van der Waals surface area (Å²) in [7, 11) is 0. The van der Waals surface area contributed by atoms with E-state index in [1.807, 2.05) is 12.2 Å². The van der Waals surface area contributed by atoms with Crippen molar-refractivity contribution in [1.82, 2.24) is 0 Å². The first kappa shape index (κ1) is 38.1. The van der Waals surface area contributed by atoms with E-state index in [0.717, 1.165) is 12.8 Å². The van der Waals surface area contributed by atoms with Crippen LogP contribution in [0.3, 0.4) is 0 Å². The van der Waals surface area contributed by atoms with E-state index in [0.29, 0.717) is 66.9 Å². The number of halogens is 12. The molecule has 0 aliphatic rings. The van der Waals surface area contributed by atoms with Gasteiger partial charge in [0.25, 0.3) is 0 Å². The number of ether oxygens (including phenoxy) is 1. The van der Waals surface area contributed by atoms with Gasteiger partial charge in [-0.3, -0.25) is 0 Å². The van der Waals surface area contributed by atoms with Crippen molar-refractivity contribution < 1.29 is 53.0 Å². The van der Waals surface area contributed by atoms with E-state index in [4.69, 9.17) is 11.6 Å². The van der Waals surface area contributed by atoms with Crippen LogP contribution in [-0.4, -0.2) is 0 Å². The lowest BCUT2D eigenvalue weighted by atomic mass is 9.98. The lowest BCUT2D eigenvalue weighted by Crippen LogP contribution is -2.25. The van der Waals surface area contributed by atoms with Crippen molar-refractivity contribution in [2.45, 2.75) is 31.8 Å². The van der Waals surface area contributed by atoms with Crippen molar-refractivity contribution >= 4 is 11.6 Å². The highest BCUT2D eigenvalue weighted by Crippen LogP contribution is 2.42. The monoisotopic (exact) mass is 752 g/mol. The highest BCUT2D eigenvalue weighted by molar-refractivity contribution is 6.33. The first-order valence-electron chi connectivity index (χ1n) is 15.4. The van der Waals surface area contributed by atoms with E-state index < -0.39 is 97.1 Å². The molecule has 1 nitrogen and oxygen atoms in total. The number of hydrogen-bond donors (Lipinski definition) is 0. The predicted molar refractivity (Wildman–Crippen MR) is 175 cm³/mol. The highest BCUT2D eigenvalue weighted by atomic mass is 35.5. The molecule has 0 aromatic heterocycles. The first-order chi connectivity index (χ1) is 24.6. The van der Waals surface area contributed by atoms with Crippen LogP contribution in [0.1, 0.15) is 30.4 Å². The van der Waals surface area contributed by atoms with Crippen molar-refractivity contribution in [2.24, 2.45) is 0 Å². The molecule has 0 spiro atoms. The van der Waals surface area contributed by atoms with Gasteiger partial charge in [-0.05, 0) is 96.5 Å². The second kappa shape index (κ2) is 15.6. The molecule has 0 saturated carbocycles. The molecule has 5 aromatic carbocycles. The summed E-state index contributed by atoms with van der Waals surface area (Å²) in [6.07, 6.45) is 3.57. The van der Waals surface area contributed by atoms with Crippen LogP contribution in [0.25, 0.3) is 33.4 Å². The van der Waals surface area contributed by atoms with Gasteiger partial charge in [0.05, 0.1) is 10.6 Å². The van der Waals surface area contributed by atoms with Gasteiger partial charge >= 0.3 is 6.11 Å². The second-order valence-electron chi connectivity index (χ2n) is 11.5. The molecule has 0 saturated heterocycles. The first-order valence-corrected chi connectivity index (χ1v) is 15.7. The number of aryl methyl sites for hydroxylation is 1. The molecule has 52 heavy (non-hydrogen) atoms. The van der Waals surface area contributed by atoms with Crippen LogP contribution >= 0.6 is 11.6 Å². The van der Waals surface area contributed by atoms with Gasteiger partial charge in [0.2, 0.25) is 0 Å². The van der Waals surface area contributed by atoms with Crippen LogP contribution in [-0.2, 0) is 12.5 Å². The van der Waals surface area contributed by atoms with Crippen molar-refractivity contribution in [2.75, 3.05) is 0 Å². The SMILES string of the molecule is C=CCC/C=C/CCc1ccc(-c2cc(F)c(C(F)(F)Oc3cc(F)c(-c4cc(F)c(-c5cc(F)c(F)c(F)c5)c(F)c4)c(Cl)c3)c(F)c2)c(F)c1. The molecule has 270 valence electrons. The van der Waals surface area contributed by atoms with E-state index in [2.05, 4.69) is 11.3 Å². The van der Waals surface area contributed by atoms with Gasteiger partial charge in [-0.2, -0.15) is 8.78 Å². The Morgan fingerprint density at radius 2 is 1.12 bits per heavy atom. The van der Waals surface area contributed by atoms with E-state index >= 15 is 22.0 Å². The number of unbranched alkanes of at least 4 members (excludes halogenated alkanes) is 1. The van der Waals surface area contributed by atoms with Gasteiger partial charge in [-0.15, -0.1) is 6.58 Å². The van der Waals surface area contributed by atoms with E-state index in [9.17, 15) is 26.3 Å². The number of hydrogen-bond acceptors (Lipinski definition) is 1. The topological polar surface area (TPSA) is 9.23 Å². The van der Waals surface area contributed by atoms with Crippen molar-refractivity contribution in [3.63, 3.8) is 0 Å². The van der Waals surface area contributed by atoms with Gasteiger partial charge in [-0.25, -0.2) is 39.5 Å². The summed E-state index contributed by atoms with van der Waals surface area (Å²) in [6.45, 7) is 3.63. The molecule has 0 aliphatic carbocycles. The van der Waals surface area contributed by atoms with Crippen LogP contribution in [0.4, 0.5) is 48.3 Å². The summed E-state index contributed by atoms with van der Waals surface area (Å²) in [5, 5.41) is -0.741. The average molecular weight is 753 g/mol. The minimum absolute atomic E-state index is 0.263. The molecular formula is C39H24ClF11O. The lowest BCUT2D eigenvalue weighted by Gasteiger charge is -2.21. The zero-order chi connectivity index (χ0) is 37.9. The van der Waals surface area contributed by atoms with Crippen LogP contribution in [0, 0.1) is 52.4 Å². The highest BCUT2D eigenvalue weighted by Gasteiger charge is 2.41. The Morgan fingerprint density at radius 1 is 0.577 bits per heavy atom. The van der Waals surface area contributed by atoms with Crippen LogP contribution in [0.5, 0.6) is 5.75 Å². The number of alkyl halides is 2. The summed E-state index contributed by atoms with van der Waals surface area (Å²) in [6, 6.07) is 7.52. The van der Waals surface area contributed by atoms with Gasteiger partial charge < -0.3 is 4.74 Å². The lowest BCUT2D eigenvalue weighted by molar-refractivity contribution is -0.189. The molecule has 5 rings (SSSR count). The molecule has 0 N–H and O–H groups in total. The summed E-state index contributed by atoms with van der Waals surface area (Å²) in [4.78, 5) is 0. The Morgan fingerprint density at radius 3 is 1.69 bits per heavy atom. The summed E-state index contributed by atoms with van der Waals surface area (Å²) in [5.41, 5.74) is -4.98. The maximum absolute atomic E-state index is 15.2. The fourth-order valence-electron chi connectivity index (χ4n) is 5.43. The molecule has 0 heterocycles. The summed E-state index contributed by atoms with van der Waals surface area (Å²) >= 11 is 6.05. The van der Waals surface area contributed by atoms with Gasteiger partial charge in [0, 0.05) is 17.2 Å². The van der Waals surface area contributed by atoms with Gasteiger partial charge in [0.15, 0.2) is 17.5 Å². The smallest absolute Gasteiger partial charge is 0.429 e. The largest absolute Gasteiger partial charge is 0.432 e. The molecule has 0 atom stereocenters. The van der Waals surface area contributed by atoms with Crippen molar-refractivity contribution in [3.8, 4) is 39.1 Å². The maximum Gasteiger partial charge on any atom is 0.432 e. The van der Waals surface area contributed by atoms with Crippen molar-refractivity contribution in [3.05, 3.63) is 160 Å². The van der Waals surface area contributed by atoms with Crippen LogP contribution in [0.2, 0.25) is 5.02 Å². The molecule has 0 unspecified atom stereocenters.